The van der Waals surface area contributed by atoms with Crippen LogP contribution in [0.2, 0.25) is 0 Å². The third kappa shape index (κ3) is 3.07. The minimum atomic E-state index is -3.17. The molecule has 0 radical (unpaired) electrons. The lowest BCUT2D eigenvalue weighted by molar-refractivity contribution is 0.496. The first-order valence-corrected chi connectivity index (χ1v) is 6.58. The van der Waals surface area contributed by atoms with E-state index in [1.54, 1.807) is 6.92 Å². The molecular weight excluding hydrogens is 214 g/mol. The summed E-state index contributed by atoms with van der Waals surface area (Å²) in [6.07, 6.45) is 0. The summed E-state index contributed by atoms with van der Waals surface area (Å²) >= 11 is 0. The van der Waals surface area contributed by atoms with Crippen LogP contribution >= 0.6 is 0 Å². The molecule has 0 aromatic carbocycles. The Morgan fingerprint density at radius 3 is 2.47 bits per heavy atom. The molecule has 0 spiro atoms. The van der Waals surface area contributed by atoms with E-state index >= 15 is 0 Å². The van der Waals surface area contributed by atoms with Gasteiger partial charge in [-0.2, -0.15) is 0 Å². The van der Waals surface area contributed by atoms with Crippen molar-refractivity contribution >= 4 is 10.0 Å². The summed E-state index contributed by atoms with van der Waals surface area (Å²) in [7, 11) is -3.17. The van der Waals surface area contributed by atoms with Gasteiger partial charge in [0.25, 0.3) is 0 Å². The molecule has 0 bridgehead atoms. The van der Waals surface area contributed by atoms with E-state index in [4.69, 9.17) is 4.42 Å². The summed E-state index contributed by atoms with van der Waals surface area (Å²) in [4.78, 5) is 0. The van der Waals surface area contributed by atoms with Crippen LogP contribution in [0.5, 0.6) is 0 Å². The number of sulfonamides is 1. The number of hydrogen-bond donors (Lipinski definition) is 1. The SMILES string of the molecule is CCS(=O)(=O)NC(C)c1cc(C)oc1C. The highest BCUT2D eigenvalue weighted by Gasteiger charge is 2.17. The first-order chi connectivity index (χ1) is 6.85. The molecule has 5 heteroatoms. The Labute approximate surface area is 90.7 Å². The lowest BCUT2D eigenvalue weighted by atomic mass is 10.1. The van der Waals surface area contributed by atoms with Crippen molar-refractivity contribution < 1.29 is 12.8 Å². The van der Waals surface area contributed by atoms with Gasteiger partial charge in [-0.3, -0.25) is 0 Å². The minimum absolute atomic E-state index is 0.0905. The van der Waals surface area contributed by atoms with Crippen molar-refractivity contribution in [3.8, 4) is 0 Å². The Bertz CT molecular complexity index is 434. The van der Waals surface area contributed by atoms with Crippen LogP contribution in [0.3, 0.4) is 0 Å². The highest BCUT2D eigenvalue weighted by atomic mass is 32.2. The molecule has 0 aliphatic carbocycles. The van der Waals surface area contributed by atoms with Gasteiger partial charge in [0.05, 0.1) is 5.75 Å². The molecule has 1 atom stereocenters. The van der Waals surface area contributed by atoms with Gasteiger partial charge in [-0.25, -0.2) is 13.1 Å². The van der Waals surface area contributed by atoms with Gasteiger partial charge in [0.2, 0.25) is 10.0 Å². The average Bonchev–Trinajstić information content (AvgIpc) is 2.45. The van der Waals surface area contributed by atoms with Gasteiger partial charge < -0.3 is 4.42 Å². The summed E-state index contributed by atoms with van der Waals surface area (Å²) in [5.41, 5.74) is 0.893. The summed E-state index contributed by atoms with van der Waals surface area (Å²) in [6.45, 7) is 7.10. The Balaban J connectivity index is 2.86. The van der Waals surface area contributed by atoms with Gasteiger partial charge in [-0.15, -0.1) is 0 Å². The highest BCUT2D eigenvalue weighted by Crippen LogP contribution is 2.21. The van der Waals surface area contributed by atoms with E-state index in [1.807, 2.05) is 26.8 Å². The van der Waals surface area contributed by atoms with Crippen molar-refractivity contribution in [3.05, 3.63) is 23.2 Å². The van der Waals surface area contributed by atoms with Gasteiger partial charge in [-0.05, 0) is 33.8 Å². The summed E-state index contributed by atoms with van der Waals surface area (Å²) in [6, 6.07) is 1.62. The van der Waals surface area contributed by atoms with Gasteiger partial charge in [0.1, 0.15) is 11.5 Å². The molecule has 1 aromatic heterocycles. The van der Waals surface area contributed by atoms with Crippen molar-refractivity contribution in [1.29, 1.82) is 0 Å². The largest absolute Gasteiger partial charge is 0.466 e. The fourth-order valence-corrected chi connectivity index (χ4v) is 2.33. The van der Waals surface area contributed by atoms with E-state index in [9.17, 15) is 8.42 Å². The van der Waals surface area contributed by atoms with Crippen molar-refractivity contribution in [3.63, 3.8) is 0 Å². The van der Waals surface area contributed by atoms with Crippen LogP contribution in [0.25, 0.3) is 0 Å². The van der Waals surface area contributed by atoms with Gasteiger partial charge in [0, 0.05) is 11.6 Å². The van der Waals surface area contributed by atoms with E-state index in [1.165, 1.54) is 0 Å². The molecule has 0 saturated carbocycles. The number of nitrogens with one attached hydrogen (secondary N) is 1. The van der Waals surface area contributed by atoms with Crippen LogP contribution in [-0.2, 0) is 10.0 Å². The second kappa shape index (κ2) is 4.37. The van der Waals surface area contributed by atoms with E-state index < -0.39 is 10.0 Å². The minimum Gasteiger partial charge on any atom is -0.466 e. The van der Waals surface area contributed by atoms with Gasteiger partial charge in [-0.1, -0.05) is 0 Å². The molecule has 4 nitrogen and oxygen atoms in total. The van der Waals surface area contributed by atoms with Crippen LogP contribution in [0, 0.1) is 13.8 Å². The fourth-order valence-electron chi connectivity index (χ4n) is 1.50. The molecule has 1 rings (SSSR count). The Morgan fingerprint density at radius 1 is 1.47 bits per heavy atom. The molecule has 0 aliphatic rings. The molecule has 1 heterocycles. The van der Waals surface area contributed by atoms with E-state index in [2.05, 4.69) is 4.72 Å². The summed E-state index contributed by atoms with van der Waals surface area (Å²) in [5, 5.41) is 0. The van der Waals surface area contributed by atoms with Crippen molar-refractivity contribution in [1.82, 2.24) is 4.72 Å². The number of aryl methyl sites for hydroxylation is 2. The third-order valence-corrected chi connectivity index (χ3v) is 3.76. The van der Waals surface area contributed by atoms with E-state index in [0.29, 0.717) is 0 Å². The number of hydrogen-bond acceptors (Lipinski definition) is 3. The first-order valence-electron chi connectivity index (χ1n) is 4.92. The topological polar surface area (TPSA) is 59.3 Å². The smallest absolute Gasteiger partial charge is 0.211 e. The molecule has 0 amide bonds. The second-order valence-corrected chi connectivity index (χ2v) is 5.65. The van der Waals surface area contributed by atoms with Crippen LogP contribution < -0.4 is 4.72 Å². The second-order valence-electron chi connectivity index (χ2n) is 3.61. The van der Waals surface area contributed by atoms with Crippen molar-refractivity contribution in [2.75, 3.05) is 5.75 Å². The normalized spacial score (nSPS) is 14.1. The molecule has 0 aliphatic heterocycles. The maximum atomic E-state index is 11.4. The van der Waals surface area contributed by atoms with Crippen molar-refractivity contribution in [2.45, 2.75) is 33.7 Å². The molecule has 86 valence electrons. The molecule has 1 N–H and O–H groups in total. The van der Waals surface area contributed by atoms with Crippen LogP contribution in [0.1, 0.15) is 37.0 Å². The van der Waals surface area contributed by atoms with E-state index in [0.717, 1.165) is 17.1 Å². The summed E-state index contributed by atoms with van der Waals surface area (Å²) in [5.74, 6) is 1.65. The monoisotopic (exact) mass is 231 g/mol. The zero-order valence-electron chi connectivity index (χ0n) is 9.49. The lowest BCUT2D eigenvalue weighted by Gasteiger charge is -2.12. The third-order valence-electron chi connectivity index (χ3n) is 2.28. The molecule has 0 fully saturated rings. The predicted molar refractivity (Wildman–Crippen MR) is 59.2 cm³/mol. The quantitative estimate of drug-likeness (QED) is 0.861. The predicted octanol–water partition coefficient (Wildman–Crippen LogP) is 1.90. The van der Waals surface area contributed by atoms with Crippen LogP contribution in [0.15, 0.2) is 10.5 Å². The maximum absolute atomic E-state index is 11.4. The van der Waals surface area contributed by atoms with Crippen LogP contribution in [-0.4, -0.2) is 14.2 Å². The first kappa shape index (κ1) is 12.3. The Kier molecular flexibility index (Phi) is 3.57. The highest BCUT2D eigenvalue weighted by molar-refractivity contribution is 7.89. The maximum Gasteiger partial charge on any atom is 0.211 e. The Morgan fingerprint density at radius 2 is 2.07 bits per heavy atom. The molecule has 15 heavy (non-hydrogen) atoms. The Hall–Kier alpha value is -0.810. The fraction of sp³-hybridized carbons (Fsp3) is 0.600. The van der Waals surface area contributed by atoms with E-state index in [-0.39, 0.29) is 11.8 Å². The standard InChI is InChI=1S/C10H17NO3S/c1-5-15(12,13)11-8(3)10-6-7(2)14-9(10)4/h6,8,11H,5H2,1-4H3. The van der Waals surface area contributed by atoms with Gasteiger partial charge >= 0.3 is 0 Å². The molecular formula is C10H17NO3S. The van der Waals surface area contributed by atoms with Gasteiger partial charge in [0.15, 0.2) is 0 Å². The molecule has 1 aromatic rings. The zero-order chi connectivity index (χ0) is 11.6. The zero-order valence-corrected chi connectivity index (χ0v) is 10.3. The molecule has 1 unspecified atom stereocenters. The molecule has 0 saturated heterocycles. The number of rotatable bonds is 4. The number of furan rings is 1. The summed E-state index contributed by atoms with van der Waals surface area (Å²) < 4.78 is 30.7. The van der Waals surface area contributed by atoms with Crippen molar-refractivity contribution in [2.24, 2.45) is 0 Å². The lowest BCUT2D eigenvalue weighted by Crippen LogP contribution is -2.28. The van der Waals surface area contributed by atoms with Crippen LogP contribution in [0.4, 0.5) is 0 Å². The average molecular weight is 231 g/mol.